The molecule has 1 heterocycles. The molecular weight excluding hydrogens is 266 g/mol. The van der Waals surface area contributed by atoms with E-state index in [2.05, 4.69) is 10.6 Å². The fraction of sp³-hybridized carbons (Fsp3) is 0.750. The van der Waals surface area contributed by atoms with Gasteiger partial charge in [-0.05, 0) is 12.8 Å². The second kappa shape index (κ2) is 5.66. The average Bonchev–Trinajstić information content (AvgIpc) is 3.25. The lowest BCUT2D eigenvalue weighted by Gasteiger charge is -2.34. The molecule has 1 atom stereocenters. The van der Waals surface area contributed by atoms with Crippen molar-refractivity contribution in [2.75, 3.05) is 33.4 Å². The lowest BCUT2D eigenvalue weighted by atomic mass is 10.1. The van der Waals surface area contributed by atoms with Crippen molar-refractivity contribution in [3.05, 3.63) is 0 Å². The van der Waals surface area contributed by atoms with Gasteiger partial charge in [-0.1, -0.05) is 0 Å². The number of nitrogens with zero attached hydrogens (tertiary/aromatic N) is 1. The Labute approximate surface area is 116 Å². The Bertz CT molecular complexity index is 421. The van der Waals surface area contributed by atoms with Crippen LogP contribution in [0.25, 0.3) is 0 Å². The van der Waals surface area contributed by atoms with Crippen LogP contribution in [0.1, 0.15) is 12.8 Å². The minimum atomic E-state index is -0.886. The highest BCUT2D eigenvalue weighted by Gasteiger charge is 2.50. The van der Waals surface area contributed by atoms with E-state index in [4.69, 9.17) is 9.84 Å². The van der Waals surface area contributed by atoms with Gasteiger partial charge in [0, 0.05) is 20.1 Å². The number of carbonyl (C=O) groups is 3. The Morgan fingerprint density at radius 3 is 2.65 bits per heavy atom. The Morgan fingerprint density at radius 1 is 1.40 bits per heavy atom. The first-order valence-corrected chi connectivity index (χ1v) is 6.57. The van der Waals surface area contributed by atoms with Crippen molar-refractivity contribution in [3.8, 4) is 0 Å². The summed E-state index contributed by atoms with van der Waals surface area (Å²) in [5.41, 5.74) is -0.815. The zero-order valence-corrected chi connectivity index (χ0v) is 11.3. The van der Waals surface area contributed by atoms with Crippen LogP contribution in [0.2, 0.25) is 0 Å². The Hall–Kier alpha value is -1.83. The molecule has 3 amide bonds. The Balaban J connectivity index is 1.93. The zero-order chi connectivity index (χ0) is 14.8. The molecule has 8 heteroatoms. The van der Waals surface area contributed by atoms with E-state index < -0.39 is 23.5 Å². The predicted molar refractivity (Wildman–Crippen MR) is 68.1 cm³/mol. The molecule has 0 bridgehead atoms. The van der Waals surface area contributed by atoms with Crippen molar-refractivity contribution < 1.29 is 24.2 Å². The number of nitrogens with one attached hydrogen (secondary N) is 2. The van der Waals surface area contributed by atoms with E-state index in [1.165, 1.54) is 11.9 Å². The summed E-state index contributed by atoms with van der Waals surface area (Å²) in [6.07, 6.45) is 1.15. The van der Waals surface area contributed by atoms with Crippen molar-refractivity contribution in [1.29, 1.82) is 0 Å². The summed E-state index contributed by atoms with van der Waals surface area (Å²) in [4.78, 5) is 36.2. The summed E-state index contributed by atoms with van der Waals surface area (Å²) < 4.78 is 5.20. The van der Waals surface area contributed by atoms with E-state index >= 15 is 0 Å². The molecule has 2 fully saturated rings. The number of hydrogen-bond donors (Lipinski definition) is 3. The number of hydrogen-bond acceptors (Lipinski definition) is 4. The quantitative estimate of drug-likeness (QED) is 0.614. The molecule has 0 aromatic heterocycles. The molecule has 20 heavy (non-hydrogen) atoms. The first-order chi connectivity index (χ1) is 9.50. The van der Waals surface area contributed by atoms with Crippen molar-refractivity contribution >= 4 is 17.9 Å². The monoisotopic (exact) mass is 285 g/mol. The van der Waals surface area contributed by atoms with E-state index in [1.807, 2.05) is 0 Å². The van der Waals surface area contributed by atoms with Crippen LogP contribution in [-0.4, -0.2) is 67.3 Å². The van der Waals surface area contributed by atoms with E-state index in [1.54, 1.807) is 0 Å². The van der Waals surface area contributed by atoms with Gasteiger partial charge >= 0.3 is 12.0 Å². The summed E-state index contributed by atoms with van der Waals surface area (Å²) in [6.45, 7) is 0.922. The van der Waals surface area contributed by atoms with Crippen molar-refractivity contribution in [2.24, 2.45) is 5.41 Å². The third-order valence-corrected chi connectivity index (χ3v) is 3.82. The number of ether oxygens (including phenoxy) is 1. The van der Waals surface area contributed by atoms with Crippen LogP contribution in [0.3, 0.4) is 0 Å². The molecule has 0 aromatic carbocycles. The molecule has 1 aliphatic carbocycles. The fourth-order valence-corrected chi connectivity index (χ4v) is 2.19. The molecular formula is C12H19N3O5. The van der Waals surface area contributed by atoms with E-state index in [9.17, 15) is 14.4 Å². The lowest BCUT2D eigenvalue weighted by Crippen LogP contribution is -2.58. The van der Waals surface area contributed by atoms with Gasteiger partial charge in [0.25, 0.3) is 0 Å². The summed E-state index contributed by atoms with van der Waals surface area (Å²) in [5.74, 6) is -1.18. The second-order valence-corrected chi connectivity index (χ2v) is 5.14. The highest BCUT2D eigenvalue weighted by atomic mass is 16.5. The van der Waals surface area contributed by atoms with Crippen LogP contribution >= 0.6 is 0 Å². The molecule has 1 saturated carbocycles. The van der Waals surface area contributed by atoms with Gasteiger partial charge in [0.1, 0.15) is 6.04 Å². The number of aliphatic carboxylic acids is 1. The van der Waals surface area contributed by atoms with Crippen LogP contribution in [0.4, 0.5) is 4.79 Å². The van der Waals surface area contributed by atoms with Gasteiger partial charge in [0.15, 0.2) is 0 Å². The number of likely N-dealkylation sites (N-methyl/N-ethyl adjacent to an activating group) is 1. The topological polar surface area (TPSA) is 108 Å². The third kappa shape index (κ3) is 2.84. The highest BCUT2D eigenvalue weighted by Crippen LogP contribution is 2.45. The van der Waals surface area contributed by atoms with E-state index in [-0.39, 0.29) is 19.1 Å². The maximum Gasteiger partial charge on any atom is 0.318 e. The zero-order valence-electron chi connectivity index (χ0n) is 11.3. The number of amides is 3. The lowest BCUT2D eigenvalue weighted by molar-refractivity contribution is -0.143. The number of urea groups is 1. The molecule has 3 N–H and O–H groups in total. The predicted octanol–water partition coefficient (Wildman–Crippen LogP) is -0.992. The van der Waals surface area contributed by atoms with Gasteiger partial charge in [-0.15, -0.1) is 0 Å². The summed E-state index contributed by atoms with van der Waals surface area (Å²) in [7, 11) is 1.50. The normalized spacial score (nSPS) is 23.9. The van der Waals surface area contributed by atoms with Crippen LogP contribution in [0.5, 0.6) is 0 Å². The molecule has 0 spiro atoms. The molecule has 0 radical (unpaired) electrons. The number of carbonyl (C=O) groups excluding carboxylic acids is 2. The summed E-state index contributed by atoms with van der Waals surface area (Å²) in [6, 6.07) is -1.09. The standard InChI is InChI=1S/C12H19N3O5/c1-13-9(16)8-6-20-5-4-15(8)11(19)14-7-12(2-3-12)10(17)18/h8H,2-7H2,1H3,(H,13,16)(H,14,19)(H,17,18). The van der Waals surface area contributed by atoms with Crippen LogP contribution < -0.4 is 10.6 Å². The maximum atomic E-state index is 12.1. The minimum Gasteiger partial charge on any atom is -0.481 e. The third-order valence-electron chi connectivity index (χ3n) is 3.82. The fourth-order valence-electron chi connectivity index (χ4n) is 2.19. The van der Waals surface area contributed by atoms with Crippen LogP contribution in [0.15, 0.2) is 0 Å². The SMILES string of the molecule is CNC(=O)C1COCCN1C(=O)NCC1(C(=O)O)CC1. The van der Waals surface area contributed by atoms with Gasteiger partial charge in [-0.25, -0.2) is 4.79 Å². The van der Waals surface area contributed by atoms with Gasteiger partial charge < -0.3 is 25.4 Å². The first-order valence-electron chi connectivity index (χ1n) is 6.57. The number of rotatable bonds is 4. The van der Waals surface area contributed by atoms with Crippen LogP contribution in [0, 0.1) is 5.41 Å². The van der Waals surface area contributed by atoms with Crippen molar-refractivity contribution in [2.45, 2.75) is 18.9 Å². The Morgan fingerprint density at radius 2 is 2.10 bits per heavy atom. The molecule has 2 rings (SSSR count). The molecule has 2 aliphatic rings. The van der Waals surface area contributed by atoms with Crippen LogP contribution in [-0.2, 0) is 14.3 Å². The Kier molecular flexibility index (Phi) is 4.12. The maximum absolute atomic E-state index is 12.1. The molecule has 1 aliphatic heterocycles. The molecule has 112 valence electrons. The summed E-state index contributed by atoms with van der Waals surface area (Å²) >= 11 is 0. The molecule has 1 unspecified atom stereocenters. The second-order valence-electron chi connectivity index (χ2n) is 5.14. The molecule has 0 aromatic rings. The average molecular weight is 285 g/mol. The molecule has 8 nitrogen and oxygen atoms in total. The number of carboxylic acids is 1. The van der Waals surface area contributed by atoms with Gasteiger partial charge in [0.05, 0.1) is 18.6 Å². The first kappa shape index (κ1) is 14.6. The number of carboxylic acid groups (broad SMARTS) is 1. The smallest absolute Gasteiger partial charge is 0.318 e. The highest BCUT2D eigenvalue weighted by molar-refractivity contribution is 5.87. The summed E-state index contributed by atoms with van der Waals surface area (Å²) in [5, 5.41) is 14.2. The largest absolute Gasteiger partial charge is 0.481 e. The van der Waals surface area contributed by atoms with E-state index in [0.717, 1.165) is 0 Å². The van der Waals surface area contributed by atoms with Gasteiger partial charge in [-0.2, -0.15) is 0 Å². The van der Waals surface area contributed by atoms with Crippen molar-refractivity contribution in [3.63, 3.8) is 0 Å². The van der Waals surface area contributed by atoms with E-state index in [0.29, 0.717) is 26.0 Å². The minimum absolute atomic E-state index is 0.0962. The van der Waals surface area contributed by atoms with Gasteiger partial charge in [0.2, 0.25) is 5.91 Å². The van der Waals surface area contributed by atoms with Crippen molar-refractivity contribution in [1.82, 2.24) is 15.5 Å². The number of morpholine rings is 1. The molecule has 1 saturated heterocycles. The van der Waals surface area contributed by atoms with Gasteiger partial charge in [-0.3, -0.25) is 9.59 Å².